The Morgan fingerprint density at radius 2 is 2.10 bits per heavy atom. The molecule has 106 valence electrons. The van der Waals surface area contributed by atoms with Gasteiger partial charge in [0.2, 0.25) is 11.8 Å². The van der Waals surface area contributed by atoms with Crippen molar-refractivity contribution in [2.24, 2.45) is 0 Å². The summed E-state index contributed by atoms with van der Waals surface area (Å²) in [4.78, 5) is 34.7. The lowest BCUT2D eigenvalue weighted by atomic mass is 10.0. The Morgan fingerprint density at radius 3 is 2.70 bits per heavy atom. The lowest BCUT2D eigenvalue weighted by Gasteiger charge is -2.22. The van der Waals surface area contributed by atoms with Crippen LogP contribution >= 0.6 is 0 Å². The molecule has 2 rings (SSSR count). The van der Waals surface area contributed by atoms with Crippen LogP contribution in [0.5, 0.6) is 0 Å². The lowest BCUT2D eigenvalue weighted by molar-refractivity contribution is -0.134. The molecule has 20 heavy (non-hydrogen) atoms. The van der Waals surface area contributed by atoms with E-state index < -0.39 is 11.9 Å². The number of piperidine rings is 1. The van der Waals surface area contributed by atoms with Gasteiger partial charge in [-0.25, -0.2) is 0 Å². The molecule has 3 N–H and O–H groups in total. The minimum Gasteiger partial charge on any atom is -0.388 e. The van der Waals surface area contributed by atoms with Gasteiger partial charge in [0.25, 0.3) is 5.91 Å². The molecule has 3 amide bonds. The Hall–Kier alpha value is -2.37. The third-order valence-corrected chi connectivity index (χ3v) is 3.30. The average molecular weight is 275 g/mol. The zero-order valence-corrected chi connectivity index (χ0v) is 11.4. The number of hydrogen-bond acceptors (Lipinski definition) is 4. The van der Waals surface area contributed by atoms with Gasteiger partial charge >= 0.3 is 0 Å². The number of rotatable bonds is 3. The van der Waals surface area contributed by atoms with E-state index in [-0.39, 0.29) is 18.2 Å². The molecule has 6 nitrogen and oxygen atoms in total. The van der Waals surface area contributed by atoms with Crippen LogP contribution in [0.2, 0.25) is 0 Å². The molecular weight excluding hydrogens is 258 g/mol. The maximum atomic E-state index is 12.1. The molecule has 0 saturated carbocycles. The average Bonchev–Trinajstić information content (AvgIpc) is 2.41. The molecule has 1 atom stereocenters. The second-order valence-corrected chi connectivity index (χ2v) is 4.76. The molecule has 0 aliphatic carbocycles. The first-order chi connectivity index (χ1) is 9.51. The fourth-order valence-electron chi connectivity index (χ4n) is 2.16. The highest BCUT2D eigenvalue weighted by Gasteiger charge is 2.28. The van der Waals surface area contributed by atoms with Crippen molar-refractivity contribution in [2.75, 3.05) is 12.4 Å². The maximum absolute atomic E-state index is 12.1. The summed E-state index contributed by atoms with van der Waals surface area (Å²) in [6.45, 7) is 1.90. The summed E-state index contributed by atoms with van der Waals surface area (Å²) in [6, 6.07) is 4.62. The zero-order valence-electron chi connectivity index (χ0n) is 11.4. The van der Waals surface area contributed by atoms with Gasteiger partial charge in [0.05, 0.1) is 0 Å². The molecule has 0 aromatic heterocycles. The van der Waals surface area contributed by atoms with Crippen molar-refractivity contribution < 1.29 is 14.4 Å². The number of benzene rings is 1. The number of carbonyl (C=O) groups is 3. The Bertz CT molecular complexity index is 569. The molecule has 0 spiro atoms. The Kier molecular flexibility index (Phi) is 4.02. The van der Waals surface area contributed by atoms with Crippen LogP contribution < -0.4 is 16.0 Å². The summed E-state index contributed by atoms with van der Waals surface area (Å²) in [7, 11) is 1.81. The van der Waals surface area contributed by atoms with E-state index in [1.54, 1.807) is 12.1 Å². The van der Waals surface area contributed by atoms with Crippen LogP contribution in [0.15, 0.2) is 18.2 Å². The van der Waals surface area contributed by atoms with E-state index >= 15 is 0 Å². The van der Waals surface area contributed by atoms with E-state index in [4.69, 9.17) is 0 Å². The van der Waals surface area contributed by atoms with E-state index in [0.29, 0.717) is 12.0 Å². The normalized spacial score (nSPS) is 18.4. The van der Waals surface area contributed by atoms with Crippen LogP contribution in [0.4, 0.5) is 5.69 Å². The summed E-state index contributed by atoms with van der Waals surface area (Å²) in [6.07, 6.45) is 0.582. The first-order valence-electron chi connectivity index (χ1n) is 6.44. The van der Waals surface area contributed by atoms with Crippen molar-refractivity contribution in [1.29, 1.82) is 0 Å². The van der Waals surface area contributed by atoms with Crippen molar-refractivity contribution in [3.63, 3.8) is 0 Å². The molecule has 1 unspecified atom stereocenters. The van der Waals surface area contributed by atoms with Crippen LogP contribution in [0.1, 0.15) is 28.8 Å². The van der Waals surface area contributed by atoms with Crippen LogP contribution in [0, 0.1) is 6.92 Å². The van der Waals surface area contributed by atoms with Crippen LogP contribution in [0.25, 0.3) is 0 Å². The van der Waals surface area contributed by atoms with Crippen molar-refractivity contribution in [1.82, 2.24) is 10.6 Å². The van der Waals surface area contributed by atoms with Gasteiger partial charge in [-0.05, 0) is 37.1 Å². The molecule has 0 bridgehead atoms. The van der Waals surface area contributed by atoms with Gasteiger partial charge < -0.3 is 10.6 Å². The van der Waals surface area contributed by atoms with Crippen LogP contribution in [-0.2, 0) is 9.59 Å². The minimum absolute atomic E-state index is 0.244. The summed E-state index contributed by atoms with van der Waals surface area (Å²) >= 11 is 0. The van der Waals surface area contributed by atoms with Gasteiger partial charge in [0.1, 0.15) is 6.04 Å². The smallest absolute Gasteiger partial charge is 0.251 e. The van der Waals surface area contributed by atoms with Gasteiger partial charge in [0.15, 0.2) is 0 Å². The first kappa shape index (κ1) is 14.0. The third-order valence-electron chi connectivity index (χ3n) is 3.30. The summed E-state index contributed by atoms with van der Waals surface area (Å²) in [5, 5.41) is 7.88. The van der Waals surface area contributed by atoms with Gasteiger partial charge in [-0.1, -0.05) is 0 Å². The first-order valence-corrected chi connectivity index (χ1v) is 6.44. The lowest BCUT2D eigenvalue weighted by Crippen LogP contribution is -2.52. The number of hydrogen-bond donors (Lipinski definition) is 3. The van der Waals surface area contributed by atoms with E-state index in [1.165, 1.54) is 0 Å². The van der Waals surface area contributed by atoms with E-state index in [0.717, 1.165) is 11.3 Å². The predicted octanol–water partition coefficient (Wildman–Crippen LogP) is 0.572. The maximum Gasteiger partial charge on any atom is 0.251 e. The highest BCUT2D eigenvalue weighted by molar-refractivity contribution is 6.03. The SMILES string of the molecule is CNc1ccc(C(=O)NC2CCC(=O)NC2=O)cc1C. The number of nitrogens with one attached hydrogen (secondary N) is 3. The van der Waals surface area contributed by atoms with E-state index in [2.05, 4.69) is 16.0 Å². The zero-order chi connectivity index (χ0) is 14.7. The van der Waals surface area contributed by atoms with Gasteiger partial charge in [0, 0.05) is 24.7 Å². The molecule has 1 aromatic rings. The topological polar surface area (TPSA) is 87.3 Å². The fraction of sp³-hybridized carbons (Fsp3) is 0.357. The van der Waals surface area contributed by atoms with Crippen molar-refractivity contribution in [3.8, 4) is 0 Å². The quantitative estimate of drug-likeness (QED) is 0.704. The van der Waals surface area contributed by atoms with Crippen LogP contribution in [-0.4, -0.2) is 30.8 Å². The number of imide groups is 1. The monoisotopic (exact) mass is 275 g/mol. The number of anilines is 1. The van der Waals surface area contributed by atoms with Gasteiger partial charge in [-0.3, -0.25) is 19.7 Å². The highest BCUT2D eigenvalue weighted by Crippen LogP contribution is 2.16. The second kappa shape index (κ2) is 5.73. The molecule has 0 radical (unpaired) electrons. The third kappa shape index (κ3) is 2.96. The molecule has 1 aliphatic rings. The highest BCUT2D eigenvalue weighted by atomic mass is 16.2. The standard InChI is InChI=1S/C14H17N3O3/c1-8-7-9(3-4-10(8)15-2)13(19)16-11-5-6-12(18)17-14(11)20/h3-4,7,11,15H,5-6H2,1-2H3,(H,16,19)(H,17,18,20). The molecule has 1 fully saturated rings. The largest absolute Gasteiger partial charge is 0.388 e. The molecule has 1 saturated heterocycles. The summed E-state index contributed by atoms with van der Waals surface area (Å²) in [5.41, 5.74) is 2.39. The Balaban J connectivity index is 2.06. The Morgan fingerprint density at radius 1 is 1.35 bits per heavy atom. The van der Waals surface area contributed by atoms with Crippen LogP contribution in [0.3, 0.4) is 0 Å². The Labute approximate surface area is 116 Å². The number of aryl methyl sites for hydroxylation is 1. The van der Waals surface area contributed by atoms with E-state index in [9.17, 15) is 14.4 Å². The second-order valence-electron chi connectivity index (χ2n) is 4.76. The summed E-state index contributed by atoms with van der Waals surface area (Å²) < 4.78 is 0. The van der Waals surface area contributed by atoms with E-state index in [1.807, 2.05) is 20.0 Å². The van der Waals surface area contributed by atoms with Crippen molar-refractivity contribution >= 4 is 23.4 Å². The molecule has 1 heterocycles. The number of amides is 3. The molecule has 1 aromatic carbocycles. The molecular formula is C14H17N3O3. The minimum atomic E-state index is -0.649. The fourth-order valence-corrected chi connectivity index (χ4v) is 2.16. The predicted molar refractivity (Wildman–Crippen MR) is 74.4 cm³/mol. The van der Waals surface area contributed by atoms with Crippen molar-refractivity contribution in [2.45, 2.75) is 25.8 Å². The van der Waals surface area contributed by atoms with Gasteiger partial charge in [-0.15, -0.1) is 0 Å². The van der Waals surface area contributed by atoms with Crippen molar-refractivity contribution in [3.05, 3.63) is 29.3 Å². The van der Waals surface area contributed by atoms with Gasteiger partial charge in [-0.2, -0.15) is 0 Å². The number of carbonyl (C=O) groups excluding carboxylic acids is 3. The molecule has 1 aliphatic heterocycles. The molecule has 6 heteroatoms. The summed E-state index contributed by atoms with van der Waals surface area (Å²) in [5.74, 6) is -1.06.